The maximum Gasteiger partial charge on any atom is 0.237 e. The highest BCUT2D eigenvalue weighted by Gasteiger charge is 2.19. The SMILES string of the molecule is COc1ccc(OC)c(CS(=O)(=O)Cl)c1F. The van der Waals surface area contributed by atoms with Crippen LogP contribution in [0.1, 0.15) is 5.56 Å². The summed E-state index contributed by atoms with van der Waals surface area (Å²) in [4.78, 5) is 0. The first-order valence-corrected chi connectivity index (χ1v) is 6.68. The van der Waals surface area contributed by atoms with Crippen molar-refractivity contribution in [2.75, 3.05) is 14.2 Å². The van der Waals surface area contributed by atoms with Crippen molar-refractivity contribution in [3.63, 3.8) is 0 Å². The Hall–Kier alpha value is -1.01. The van der Waals surface area contributed by atoms with Gasteiger partial charge in [-0.3, -0.25) is 0 Å². The van der Waals surface area contributed by atoms with Crippen molar-refractivity contribution in [3.8, 4) is 11.5 Å². The molecule has 0 amide bonds. The highest BCUT2D eigenvalue weighted by atomic mass is 35.7. The molecule has 1 aromatic carbocycles. The molecule has 0 aliphatic heterocycles. The van der Waals surface area contributed by atoms with Gasteiger partial charge in [0.15, 0.2) is 11.6 Å². The molecule has 0 heterocycles. The molecular weight excluding hydrogens is 259 g/mol. The van der Waals surface area contributed by atoms with Gasteiger partial charge >= 0.3 is 0 Å². The standard InChI is InChI=1S/C9H10ClFO4S/c1-14-7-3-4-8(15-2)9(11)6(7)5-16(10,12)13/h3-4H,5H2,1-2H3. The predicted molar refractivity (Wildman–Crippen MR) is 58.0 cm³/mol. The van der Waals surface area contributed by atoms with E-state index in [0.717, 1.165) is 0 Å². The Kier molecular flexibility index (Phi) is 3.98. The molecule has 7 heteroatoms. The van der Waals surface area contributed by atoms with Crippen LogP contribution >= 0.6 is 10.7 Å². The Morgan fingerprint density at radius 2 is 1.75 bits per heavy atom. The summed E-state index contributed by atoms with van der Waals surface area (Å²) < 4.78 is 45.2. The van der Waals surface area contributed by atoms with Gasteiger partial charge in [0.25, 0.3) is 0 Å². The summed E-state index contributed by atoms with van der Waals surface area (Å²) in [5.41, 5.74) is -0.142. The van der Waals surface area contributed by atoms with Gasteiger partial charge in [0.1, 0.15) is 5.75 Å². The maximum atomic E-state index is 13.7. The maximum absolute atomic E-state index is 13.7. The van der Waals surface area contributed by atoms with E-state index in [0.29, 0.717) is 0 Å². The van der Waals surface area contributed by atoms with Gasteiger partial charge in [0, 0.05) is 16.2 Å². The minimum atomic E-state index is -3.86. The summed E-state index contributed by atoms with van der Waals surface area (Å²) in [7, 11) is 3.81. The lowest BCUT2D eigenvalue weighted by Crippen LogP contribution is -2.03. The summed E-state index contributed by atoms with van der Waals surface area (Å²) in [5.74, 6) is -1.38. The zero-order chi connectivity index (χ0) is 12.3. The molecule has 0 aliphatic rings. The van der Waals surface area contributed by atoms with Crippen molar-refractivity contribution >= 4 is 19.7 Å². The second kappa shape index (κ2) is 4.88. The second-order valence-corrected chi connectivity index (χ2v) is 5.72. The molecule has 90 valence electrons. The molecule has 0 bridgehead atoms. The van der Waals surface area contributed by atoms with Crippen molar-refractivity contribution in [1.82, 2.24) is 0 Å². The molecule has 0 atom stereocenters. The lowest BCUT2D eigenvalue weighted by molar-refractivity contribution is 0.373. The summed E-state index contributed by atoms with van der Waals surface area (Å²) >= 11 is 0. The van der Waals surface area contributed by atoms with Crippen molar-refractivity contribution in [3.05, 3.63) is 23.5 Å². The molecule has 16 heavy (non-hydrogen) atoms. The highest BCUT2D eigenvalue weighted by molar-refractivity contribution is 8.13. The summed E-state index contributed by atoms with van der Waals surface area (Å²) in [5, 5.41) is 0. The Bertz CT molecular complexity index is 487. The van der Waals surface area contributed by atoms with Gasteiger partial charge in [-0.2, -0.15) is 0 Å². The lowest BCUT2D eigenvalue weighted by Gasteiger charge is -2.10. The Balaban J connectivity index is 3.32. The lowest BCUT2D eigenvalue weighted by atomic mass is 10.2. The molecule has 1 aromatic rings. The first kappa shape index (κ1) is 13.1. The number of hydrogen-bond acceptors (Lipinski definition) is 4. The van der Waals surface area contributed by atoms with Crippen LogP contribution in [0.3, 0.4) is 0 Å². The molecule has 0 saturated carbocycles. The largest absolute Gasteiger partial charge is 0.496 e. The smallest absolute Gasteiger partial charge is 0.237 e. The van der Waals surface area contributed by atoms with Crippen molar-refractivity contribution in [2.45, 2.75) is 5.75 Å². The van der Waals surface area contributed by atoms with Crippen LogP contribution in [0.25, 0.3) is 0 Å². The number of rotatable bonds is 4. The molecule has 4 nitrogen and oxygen atoms in total. The first-order valence-electron chi connectivity index (χ1n) is 4.20. The van der Waals surface area contributed by atoms with E-state index in [-0.39, 0.29) is 17.1 Å². The number of hydrogen-bond donors (Lipinski definition) is 0. The highest BCUT2D eigenvalue weighted by Crippen LogP contribution is 2.30. The normalized spacial score (nSPS) is 11.2. The molecular formula is C9H10ClFO4S. The van der Waals surface area contributed by atoms with E-state index in [1.54, 1.807) is 0 Å². The van der Waals surface area contributed by atoms with Crippen LogP contribution in [-0.4, -0.2) is 22.6 Å². The number of benzene rings is 1. The van der Waals surface area contributed by atoms with E-state index in [9.17, 15) is 12.8 Å². The molecule has 1 rings (SSSR count). The second-order valence-electron chi connectivity index (χ2n) is 2.95. The molecule has 0 N–H and O–H groups in total. The van der Waals surface area contributed by atoms with Crippen LogP contribution < -0.4 is 9.47 Å². The third-order valence-electron chi connectivity index (χ3n) is 1.92. The Labute approximate surface area is 97.4 Å². The molecule has 0 aromatic heterocycles. The van der Waals surface area contributed by atoms with Crippen LogP contribution in [0.5, 0.6) is 11.5 Å². The minimum Gasteiger partial charge on any atom is -0.496 e. The summed E-state index contributed by atoms with van der Waals surface area (Å²) in [6.07, 6.45) is 0. The number of methoxy groups -OCH3 is 2. The molecule has 0 unspecified atom stereocenters. The zero-order valence-corrected chi connectivity index (χ0v) is 10.2. The fourth-order valence-electron chi connectivity index (χ4n) is 1.24. The van der Waals surface area contributed by atoms with Gasteiger partial charge in [-0.25, -0.2) is 12.8 Å². The minimum absolute atomic E-state index is 0.0592. The van der Waals surface area contributed by atoms with Crippen molar-refractivity contribution in [2.24, 2.45) is 0 Å². The van der Waals surface area contributed by atoms with Crippen LogP contribution in [0.15, 0.2) is 12.1 Å². The quantitative estimate of drug-likeness (QED) is 0.783. The van der Waals surface area contributed by atoms with Crippen LogP contribution in [0, 0.1) is 5.82 Å². The molecule has 0 fully saturated rings. The van der Waals surface area contributed by atoms with E-state index >= 15 is 0 Å². The third kappa shape index (κ3) is 2.99. The van der Waals surface area contributed by atoms with Crippen LogP contribution in [-0.2, 0) is 14.8 Å². The monoisotopic (exact) mass is 268 g/mol. The van der Waals surface area contributed by atoms with Crippen LogP contribution in [0.4, 0.5) is 4.39 Å². The van der Waals surface area contributed by atoms with E-state index in [1.165, 1.54) is 26.4 Å². The predicted octanol–water partition coefficient (Wildman–Crippen LogP) is 1.91. The Morgan fingerprint density at radius 1 is 1.25 bits per heavy atom. The van der Waals surface area contributed by atoms with Gasteiger partial charge < -0.3 is 9.47 Å². The summed E-state index contributed by atoms with van der Waals surface area (Å²) in [6.45, 7) is 0. The average Bonchev–Trinajstić information content (AvgIpc) is 2.19. The fourth-order valence-corrected chi connectivity index (χ4v) is 2.18. The van der Waals surface area contributed by atoms with Crippen molar-refractivity contribution < 1.29 is 22.3 Å². The topological polar surface area (TPSA) is 52.6 Å². The van der Waals surface area contributed by atoms with Gasteiger partial charge in [-0.15, -0.1) is 0 Å². The number of halogens is 2. The van der Waals surface area contributed by atoms with E-state index in [2.05, 4.69) is 0 Å². The molecule has 0 spiro atoms. The molecule has 0 saturated heterocycles. The molecule has 0 radical (unpaired) electrons. The van der Waals surface area contributed by atoms with Gasteiger partial charge in [-0.05, 0) is 12.1 Å². The Morgan fingerprint density at radius 3 is 2.19 bits per heavy atom. The van der Waals surface area contributed by atoms with E-state index in [4.69, 9.17) is 20.2 Å². The van der Waals surface area contributed by atoms with Crippen molar-refractivity contribution in [1.29, 1.82) is 0 Å². The summed E-state index contributed by atoms with van der Waals surface area (Å²) in [6, 6.07) is 2.76. The van der Waals surface area contributed by atoms with E-state index < -0.39 is 20.6 Å². The van der Waals surface area contributed by atoms with Gasteiger partial charge in [0.2, 0.25) is 9.05 Å². The number of ether oxygens (including phenoxy) is 2. The van der Waals surface area contributed by atoms with Gasteiger partial charge in [0.05, 0.1) is 20.0 Å². The van der Waals surface area contributed by atoms with Crippen LogP contribution in [0.2, 0.25) is 0 Å². The van der Waals surface area contributed by atoms with Gasteiger partial charge in [-0.1, -0.05) is 0 Å². The first-order chi connectivity index (χ1) is 7.39. The fraction of sp³-hybridized carbons (Fsp3) is 0.333. The van der Waals surface area contributed by atoms with E-state index in [1.807, 2.05) is 0 Å². The molecule has 0 aliphatic carbocycles. The zero-order valence-electron chi connectivity index (χ0n) is 8.66. The average molecular weight is 269 g/mol. The third-order valence-corrected chi connectivity index (χ3v) is 2.88.